The van der Waals surface area contributed by atoms with E-state index >= 15 is 0 Å². The van der Waals surface area contributed by atoms with E-state index in [9.17, 15) is 0 Å². The van der Waals surface area contributed by atoms with Crippen LogP contribution >= 0.6 is 0 Å². The first-order chi connectivity index (χ1) is 11.8. The van der Waals surface area contributed by atoms with E-state index in [0.29, 0.717) is 17.5 Å². The summed E-state index contributed by atoms with van der Waals surface area (Å²) in [7, 11) is 4.99. The summed E-state index contributed by atoms with van der Waals surface area (Å²) in [5, 5.41) is 3.43. The molecule has 3 rings (SSSR count). The molecule has 24 heavy (non-hydrogen) atoms. The van der Waals surface area contributed by atoms with Crippen molar-refractivity contribution in [2.75, 3.05) is 60.6 Å². The van der Waals surface area contributed by atoms with Gasteiger partial charge in [0.2, 0.25) is 5.75 Å². The van der Waals surface area contributed by atoms with Gasteiger partial charge in [0, 0.05) is 57.4 Å². The molecule has 0 aromatic heterocycles. The molecule has 2 aliphatic rings. The van der Waals surface area contributed by atoms with Crippen molar-refractivity contribution in [3.8, 4) is 17.2 Å². The maximum absolute atomic E-state index is 5.61. The Morgan fingerprint density at radius 2 is 1.75 bits per heavy atom. The molecule has 1 unspecified atom stereocenters. The van der Waals surface area contributed by atoms with Crippen molar-refractivity contribution in [3.63, 3.8) is 0 Å². The third kappa shape index (κ3) is 3.61. The van der Waals surface area contributed by atoms with Crippen molar-refractivity contribution >= 4 is 0 Å². The van der Waals surface area contributed by atoms with Crippen molar-refractivity contribution in [2.24, 2.45) is 0 Å². The van der Waals surface area contributed by atoms with Gasteiger partial charge < -0.3 is 19.5 Å². The molecule has 2 saturated heterocycles. The summed E-state index contributed by atoms with van der Waals surface area (Å²) in [5.41, 5.74) is 1.15. The molecule has 0 bridgehead atoms. The normalized spacial score (nSPS) is 22.5. The number of rotatable bonds is 6. The molecule has 0 aliphatic carbocycles. The van der Waals surface area contributed by atoms with Crippen molar-refractivity contribution in [2.45, 2.75) is 19.0 Å². The first-order valence-electron chi connectivity index (χ1n) is 8.71. The summed E-state index contributed by atoms with van der Waals surface area (Å²) < 4.78 is 16.5. The van der Waals surface area contributed by atoms with Gasteiger partial charge in [-0.3, -0.25) is 9.80 Å². The Kier molecular flexibility index (Phi) is 5.81. The van der Waals surface area contributed by atoms with Crippen LogP contribution in [0.2, 0.25) is 0 Å². The largest absolute Gasteiger partial charge is 0.493 e. The number of hydrogen-bond acceptors (Lipinski definition) is 6. The molecule has 6 heteroatoms. The molecule has 2 heterocycles. The molecule has 2 aliphatic heterocycles. The SMILES string of the molecule is COc1ccc(CN2CCC(N3CCNCC3)C2)c(OC)c1OC. The predicted octanol–water partition coefficient (Wildman–Crippen LogP) is 1.19. The summed E-state index contributed by atoms with van der Waals surface area (Å²) in [5.74, 6) is 2.16. The zero-order valence-electron chi connectivity index (χ0n) is 15.0. The maximum atomic E-state index is 5.61. The second-order valence-electron chi connectivity index (χ2n) is 6.46. The number of hydrogen-bond donors (Lipinski definition) is 1. The molecular formula is C18H29N3O3. The van der Waals surface area contributed by atoms with Gasteiger partial charge in [0.25, 0.3) is 0 Å². The van der Waals surface area contributed by atoms with Crippen LogP contribution in [0.4, 0.5) is 0 Å². The van der Waals surface area contributed by atoms with Gasteiger partial charge in [-0.1, -0.05) is 6.07 Å². The van der Waals surface area contributed by atoms with Crippen molar-refractivity contribution < 1.29 is 14.2 Å². The smallest absolute Gasteiger partial charge is 0.203 e. The molecule has 0 amide bonds. The van der Waals surface area contributed by atoms with E-state index in [4.69, 9.17) is 14.2 Å². The van der Waals surface area contributed by atoms with Crippen molar-refractivity contribution in [1.29, 1.82) is 0 Å². The summed E-state index contributed by atoms with van der Waals surface area (Å²) in [6.07, 6.45) is 1.25. The average molecular weight is 335 g/mol. The fourth-order valence-corrected chi connectivity index (χ4v) is 3.83. The van der Waals surface area contributed by atoms with Crippen molar-refractivity contribution in [3.05, 3.63) is 17.7 Å². The van der Waals surface area contributed by atoms with E-state index in [0.717, 1.165) is 57.1 Å². The van der Waals surface area contributed by atoms with Crippen LogP contribution in [-0.2, 0) is 6.54 Å². The molecule has 134 valence electrons. The first kappa shape index (κ1) is 17.3. The summed E-state index contributed by atoms with van der Waals surface area (Å²) in [4.78, 5) is 5.14. The van der Waals surface area contributed by atoms with Gasteiger partial charge in [-0.25, -0.2) is 0 Å². The van der Waals surface area contributed by atoms with Crippen LogP contribution in [0.25, 0.3) is 0 Å². The zero-order chi connectivity index (χ0) is 16.9. The maximum Gasteiger partial charge on any atom is 0.203 e. The number of ether oxygens (including phenoxy) is 3. The Labute approximate surface area is 144 Å². The van der Waals surface area contributed by atoms with Gasteiger partial charge in [0.05, 0.1) is 21.3 Å². The van der Waals surface area contributed by atoms with Crippen LogP contribution in [0.5, 0.6) is 17.2 Å². The molecule has 1 N–H and O–H groups in total. The quantitative estimate of drug-likeness (QED) is 0.843. The standard InChI is InChI=1S/C18H29N3O3/c1-22-16-5-4-14(17(23-2)18(16)24-3)12-20-9-6-15(13-20)21-10-7-19-8-11-21/h4-5,15,19H,6-13H2,1-3H3. The predicted molar refractivity (Wildman–Crippen MR) is 94.2 cm³/mol. The summed E-state index contributed by atoms with van der Waals surface area (Å²) in [6, 6.07) is 4.72. The molecule has 0 spiro atoms. The second-order valence-corrected chi connectivity index (χ2v) is 6.46. The van der Waals surface area contributed by atoms with Crippen LogP contribution in [-0.4, -0.2) is 76.4 Å². The fourth-order valence-electron chi connectivity index (χ4n) is 3.83. The van der Waals surface area contributed by atoms with E-state index in [1.54, 1.807) is 21.3 Å². The molecule has 1 atom stereocenters. The minimum Gasteiger partial charge on any atom is -0.493 e. The lowest BCUT2D eigenvalue weighted by Crippen LogP contribution is -2.49. The number of nitrogens with one attached hydrogen (secondary N) is 1. The van der Waals surface area contributed by atoms with Gasteiger partial charge in [-0.15, -0.1) is 0 Å². The fraction of sp³-hybridized carbons (Fsp3) is 0.667. The molecule has 0 radical (unpaired) electrons. The van der Waals surface area contributed by atoms with E-state index < -0.39 is 0 Å². The summed E-state index contributed by atoms with van der Waals surface area (Å²) in [6.45, 7) is 7.69. The third-order valence-electron chi connectivity index (χ3n) is 5.10. The molecule has 1 aromatic rings. The topological polar surface area (TPSA) is 46.2 Å². The van der Waals surface area contributed by atoms with Gasteiger partial charge in [0.15, 0.2) is 11.5 Å². The Balaban J connectivity index is 1.68. The highest BCUT2D eigenvalue weighted by Gasteiger charge is 2.29. The van der Waals surface area contributed by atoms with Gasteiger partial charge >= 0.3 is 0 Å². The van der Waals surface area contributed by atoms with E-state index in [2.05, 4.69) is 21.2 Å². The lowest BCUT2D eigenvalue weighted by molar-refractivity contribution is 0.170. The van der Waals surface area contributed by atoms with Gasteiger partial charge in [0.1, 0.15) is 0 Å². The minimum atomic E-state index is 0.676. The summed E-state index contributed by atoms with van der Waals surface area (Å²) >= 11 is 0. The van der Waals surface area contributed by atoms with Crippen LogP contribution in [0.3, 0.4) is 0 Å². The van der Waals surface area contributed by atoms with E-state index in [1.807, 2.05) is 6.07 Å². The van der Waals surface area contributed by atoms with Gasteiger partial charge in [-0.2, -0.15) is 0 Å². The van der Waals surface area contributed by atoms with Gasteiger partial charge in [-0.05, 0) is 12.5 Å². The van der Waals surface area contributed by atoms with E-state index in [1.165, 1.54) is 6.42 Å². The van der Waals surface area contributed by atoms with Crippen LogP contribution in [0.1, 0.15) is 12.0 Å². The molecule has 2 fully saturated rings. The number of likely N-dealkylation sites (tertiary alicyclic amines) is 1. The first-order valence-corrected chi connectivity index (χ1v) is 8.71. The Morgan fingerprint density at radius 1 is 1.00 bits per heavy atom. The monoisotopic (exact) mass is 335 g/mol. The highest BCUT2D eigenvalue weighted by molar-refractivity contribution is 5.55. The van der Waals surface area contributed by atoms with Crippen molar-refractivity contribution in [1.82, 2.24) is 15.1 Å². The lowest BCUT2D eigenvalue weighted by Gasteiger charge is -2.32. The Hall–Kier alpha value is -1.50. The number of benzene rings is 1. The van der Waals surface area contributed by atoms with Crippen LogP contribution < -0.4 is 19.5 Å². The number of nitrogens with zero attached hydrogens (tertiary/aromatic N) is 2. The third-order valence-corrected chi connectivity index (χ3v) is 5.10. The lowest BCUT2D eigenvalue weighted by atomic mass is 10.1. The Bertz CT molecular complexity index is 547. The minimum absolute atomic E-state index is 0.676. The van der Waals surface area contributed by atoms with E-state index in [-0.39, 0.29) is 0 Å². The zero-order valence-corrected chi connectivity index (χ0v) is 15.0. The van der Waals surface area contributed by atoms with Crippen LogP contribution in [0.15, 0.2) is 12.1 Å². The van der Waals surface area contributed by atoms with Crippen LogP contribution in [0, 0.1) is 0 Å². The molecule has 1 aromatic carbocycles. The molecule has 0 saturated carbocycles. The highest BCUT2D eigenvalue weighted by atomic mass is 16.5. The molecular weight excluding hydrogens is 306 g/mol. The molecule has 6 nitrogen and oxygen atoms in total. The highest BCUT2D eigenvalue weighted by Crippen LogP contribution is 2.40. The number of piperazine rings is 1. The average Bonchev–Trinajstić information content (AvgIpc) is 3.10. The Morgan fingerprint density at radius 3 is 2.42 bits per heavy atom. The number of methoxy groups -OCH3 is 3. The second kappa shape index (κ2) is 8.05.